The van der Waals surface area contributed by atoms with E-state index in [1.807, 2.05) is 0 Å². The molecule has 104 valence electrons. The minimum atomic E-state index is -4.66. The lowest BCUT2D eigenvalue weighted by molar-refractivity contribution is -0.206. The highest BCUT2D eigenvalue weighted by atomic mass is 19.4. The van der Waals surface area contributed by atoms with Crippen LogP contribution in [-0.4, -0.2) is 21.0 Å². The third-order valence-electron chi connectivity index (χ3n) is 2.92. The fourth-order valence-electron chi connectivity index (χ4n) is 1.82. The number of aliphatic hydroxyl groups excluding tert-OH is 1. The van der Waals surface area contributed by atoms with Crippen LogP contribution >= 0.6 is 0 Å². The molecule has 0 saturated heterocycles. The highest BCUT2D eigenvalue weighted by molar-refractivity contribution is 5.23. The zero-order valence-corrected chi connectivity index (χ0v) is 10.4. The molecule has 19 heavy (non-hydrogen) atoms. The lowest BCUT2D eigenvalue weighted by Crippen LogP contribution is -2.19. The Balaban J connectivity index is 2.19. The van der Waals surface area contributed by atoms with Gasteiger partial charge in [-0.2, -0.15) is 13.2 Å². The molecule has 4 nitrogen and oxygen atoms in total. The van der Waals surface area contributed by atoms with E-state index in [2.05, 4.69) is 5.16 Å². The molecular weight excluding hydrogens is 261 g/mol. The second-order valence-corrected chi connectivity index (χ2v) is 4.36. The summed E-state index contributed by atoms with van der Waals surface area (Å²) < 4.78 is 43.6. The monoisotopic (exact) mass is 274 g/mol. The van der Waals surface area contributed by atoms with Crippen molar-refractivity contribution in [2.75, 3.05) is 0 Å². The molecule has 1 N–H and O–H groups in total. The second-order valence-electron chi connectivity index (χ2n) is 4.36. The molecule has 0 aliphatic rings. The van der Waals surface area contributed by atoms with Crippen molar-refractivity contribution in [1.82, 2.24) is 9.72 Å². The van der Waals surface area contributed by atoms with Crippen LogP contribution in [-0.2, 0) is 6.54 Å². The summed E-state index contributed by atoms with van der Waals surface area (Å²) in [6, 6.07) is 1.25. The highest BCUT2D eigenvalue weighted by Crippen LogP contribution is 2.32. The molecule has 1 atom stereocenters. The van der Waals surface area contributed by atoms with Crippen LogP contribution < -0.4 is 0 Å². The summed E-state index contributed by atoms with van der Waals surface area (Å²) in [5.74, 6) is 0.629. The molecule has 0 spiro atoms. The normalized spacial score (nSPS) is 13.8. The fraction of sp³-hybridized carbons (Fsp3) is 0.417. The van der Waals surface area contributed by atoms with Crippen LogP contribution in [0.15, 0.2) is 23.0 Å². The van der Waals surface area contributed by atoms with Gasteiger partial charge in [-0.15, -0.1) is 0 Å². The largest absolute Gasteiger partial charge is 0.418 e. The summed E-state index contributed by atoms with van der Waals surface area (Å²) in [5.41, 5.74) is 1.34. The Bertz CT molecular complexity index is 552. The molecule has 0 aromatic carbocycles. The first-order chi connectivity index (χ1) is 8.79. The van der Waals surface area contributed by atoms with E-state index in [9.17, 15) is 13.2 Å². The SMILES string of the molecule is Cc1noc(C)c1Cn1ccc(C(O)C(F)(F)F)c1. The molecule has 0 aliphatic heterocycles. The van der Waals surface area contributed by atoms with Crippen LogP contribution in [0, 0.1) is 13.8 Å². The molecule has 2 heterocycles. The molecule has 0 aliphatic carbocycles. The Morgan fingerprint density at radius 2 is 2.11 bits per heavy atom. The van der Waals surface area contributed by atoms with E-state index < -0.39 is 12.3 Å². The lowest BCUT2D eigenvalue weighted by atomic mass is 10.2. The van der Waals surface area contributed by atoms with Gasteiger partial charge in [0.25, 0.3) is 0 Å². The third-order valence-corrected chi connectivity index (χ3v) is 2.92. The third kappa shape index (κ3) is 2.81. The van der Waals surface area contributed by atoms with Crippen LogP contribution in [0.5, 0.6) is 0 Å². The first-order valence-corrected chi connectivity index (χ1v) is 5.61. The summed E-state index contributed by atoms with van der Waals surface area (Å²) in [4.78, 5) is 0. The molecule has 7 heteroatoms. The van der Waals surface area contributed by atoms with Gasteiger partial charge in [-0.05, 0) is 19.9 Å². The summed E-state index contributed by atoms with van der Waals surface area (Å²) >= 11 is 0. The van der Waals surface area contributed by atoms with Gasteiger partial charge in [-0.3, -0.25) is 0 Å². The lowest BCUT2D eigenvalue weighted by Gasteiger charge is -2.12. The van der Waals surface area contributed by atoms with E-state index in [4.69, 9.17) is 9.63 Å². The number of rotatable bonds is 3. The maximum Gasteiger partial charge on any atom is 0.418 e. The molecule has 0 saturated carbocycles. The van der Waals surface area contributed by atoms with Crippen molar-refractivity contribution >= 4 is 0 Å². The van der Waals surface area contributed by atoms with Crippen LogP contribution in [0.25, 0.3) is 0 Å². The molecular formula is C12H13F3N2O2. The Hall–Kier alpha value is -1.76. The molecule has 2 rings (SSSR count). The Kier molecular flexibility index (Phi) is 3.40. The fourth-order valence-corrected chi connectivity index (χ4v) is 1.82. The Morgan fingerprint density at radius 1 is 1.42 bits per heavy atom. The van der Waals surface area contributed by atoms with Gasteiger partial charge in [0.2, 0.25) is 0 Å². The minimum absolute atomic E-state index is 0.181. The average Bonchev–Trinajstić information content (AvgIpc) is 2.89. The number of aryl methyl sites for hydroxylation is 2. The number of halogens is 3. The van der Waals surface area contributed by atoms with Gasteiger partial charge in [-0.25, -0.2) is 0 Å². The van der Waals surface area contributed by atoms with Gasteiger partial charge >= 0.3 is 6.18 Å². The number of hydrogen-bond donors (Lipinski definition) is 1. The molecule has 0 bridgehead atoms. The summed E-state index contributed by atoms with van der Waals surface area (Å²) in [6.07, 6.45) is -4.37. The van der Waals surface area contributed by atoms with Gasteiger partial charge in [0.15, 0.2) is 6.10 Å². The number of aliphatic hydroxyl groups is 1. The van der Waals surface area contributed by atoms with Crippen molar-refractivity contribution in [3.8, 4) is 0 Å². The van der Waals surface area contributed by atoms with Crippen molar-refractivity contribution in [3.05, 3.63) is 41.0 Å². The zero-order chi connectivity index (χ0) is 14.2. The average molecular weight is 274 g/mol. The van der Waals surface area contributed by atoms with Crippen molar-refractivity contribution in [1.29, 1.82) is 0 Å². The minimum Gasteiger partial charge on any atom is -0.379 e. The number of nitrogens with zero attached hydrogens (tertiary/aromatic N) is 2. The van der Waals surface area contributed by atoms with Crippen molar-refractivity contribution in [3.63, 3.8) is 0 Å². The molecule has 1 unspecified atom stereocenters. The molecule has 0 radical (unpaired) electrons. The maximum atomic E-state index is 12.4. The first-order valence-electron chi connectivity index (χ1n) is 5.61. The highest BCUT2D eigenvalue weighted by Gasteiger charge is 2.39. The van der Waals surface area contributed by atoms with Gasteiger partial charge in [0.05, 0.1) is 12.2 Å². The van der Waals surface area contributed by atoms with E-state index in [1.54, 1.807) is 18.4 Å². The predicted octanol–water partition coefficient (Wildman–Crippen LogP) is 2.74. The summed E-state index contributed by atoms with van der Waals surface area (Å²) in [5, 5.41) is 12.9. The Labute approximate surface area is 107 Å². The maximum absolute atomic E-state index is 12.4. The predicted molar refractivity (Wildman–Crippen MR) is 60.5 cm³/mol. The van der Waals surface area contributed by atoms with Crippen LogP contribution in [0.3, 0.4) is 0 Å². The van der Waals surface area contributed by atoms with Gasteiger partial charge < -0.3 is 14.2 Å². The number of hydrogen-bond acceptors (Lipinski definition) is 3. The molecule has 0 amide bonds. The quantitative estimate of drug-likeness (QED) is 0.936. The van der Waals surface area contributed by atoms with E-state index in [1.165, 1.54) is 18.5 Å². The van der Waals surface area contributed by atoms with Crippen LogP contribution in [0.2, 0.25) is 0 Å². The van der Waals surface area contributed by atoms with E-state index in [0.29, 0.717) is 18.0 Å². The second kappa shape index (κ2) is 4.73. The van der Waals surface area contributed by atoms with Gasteiger partial charge in [-0.1, -0.05) is 5.16 Å². The number of alkyl halides is 3. The zero-order valence-electron chi connectivity index (χ0n) is 10.4. The molecule has 2 aromatic heterocycles. The van der Waals surface area contributed by atoms with Crippen molar-refractivity contribution in [2.45, 2.75) is 32.7 Å². The molecule has 2 aromatic rings. The standard InChI is InChI=1S/C12H13F3N2O2/c1-7-10(8(2)19-16-7)6-17-4-3-9(5-17)11(18)12(13,14)15/h3-5,11,18H,6H2,1-2H3. The summed E-state index contributed by atoms with van der Waals surface area (Å²) in [6.45, 7) is 3.86. The van der Waals surface area contributed by atoms with Crippen LogP contribution in [0.4, 0.5) is 13.2 Å². The van der Waals surface area contributed by atoms with E-state index in [-0.39, 0.29) is 5.56 Å². The first kappa shape index (κ1) is 13.7. The Morgan fingerprint density at radius 3 is 2.63 bits per heavy atom. The molecule has 0 fully saturated rings. The van der Waals surface area contributed by atoms with E-state index in [0.717, 1.165) is 5.56 Å². The van der Waals surface area contributed by atoms with Gasteiger partial charge in [0, 0.05) is 23.5 Å². The van der Waals surface area contributed by atoms with Gasteiger partial charge in [0.1, 0.15) is 5.76 Å². The van der Waals surface area contributed by atoms with Crippen molar-refractivity contribution in [2.24, 2.45) is 0 Å². The van der Waals surface area contributed by atoms with Crippen LogP contribution in [0.1, 0.15) is 28.7 Å². The smallest absolute Gasteiger partial charge is 0.379 e. The number of aromatic nitrogens is 2. The van der Waals surface area contributed by atoms with Crippen molar-refractivity contribution < 1.29 is 22.8 Å². The summed E-state index contributed by atoms with van der Waals surface area (Å²) in [7, 11) is 0. The van der Waals surface area contributed by atoms with E-state index >= 15 is 0 Å². The topological polar surface area (TPSA) is 51.2 Å².